The van der Waals surface area contributed by atoms with E-state index in [2.05, 4.69) is 20.6 Å². The van der Waals surface area contributed by atoms with Crippen molar-refractivity contribution in [2.75, 3.05) is 26.9 Å². The maximum absolute atomic E-state index is 6.02. The zero-order valence-electron chi connectivity index (χ0n) is 15.6. The molecule has 0 saturated carbocycles. The molecule has 0 spiro atoms. The number of nitrogens with one attached hydrogen (secondary N) is 2. The van der Waals surface area contributed by atoms with Gasteiger partial charge in [0.1, 0.15) is 6.61 Å². The van der Waals surface area contributed by atoms with Crippen molar-refractivity contribution >= 4 is 41.5 Å². The normalized spacial score (nSPS) is 10.9. The fourth-order valence-corrected chi connectivity index (χ4v) is 2.45. The molecule has 0 fully saturated rings. The largest absolute Gasteiger partial charge is 0.475 e. The first-order valence-corrected chi connectivity index (χ1v) is 8.93. The van der Waals surface area contributed by atoms with Gasteiger partial charge < -0.3 is 20.1 Å². The van der Waals surface area contributed by atoms with Crippen molar-refractivity contribution in [3.05, 3.63) is 58.7 Å². The minimum Gasteiger partial charge on any atom is -0.475 e. The van der Waals surface area contributed by atoms with Crippen LogP contribution in [-0.2, 0) is 17.8 Å². The zero-order chi connectivity index (χ0) is 18.6. The number of guanidine groups is 1. The first-order valence-electron chi connectivity index (χ1n) is 8.55. The molecule has 0 saturated heterocycles. The van der Waals surface area contributed by atoms with Gasteiger partial charge >= 0.3 is 0 Å². The van der Waals surface area contributed by atoms with Gasteiger partial charge in [-0.1, -0.05) is 29.8 Å². The van der Waals surface area contributed by atoms with Crippen LogP contribution in [0.2, 0.25) is 5.02 Å². The molecular weight excluding hydrogens is 479 g/mol. The molecule has 2 rings (SSSR count). The van der Waals surface area contributed by atoms with Crippen LogP contribution in [0.4, 0.5) is 0 Å². The number of methoxy groups -OCH3 is 1. The maximum atomic E-state index is 6.02. The molecule has 0 aliphatic heterocycles. The highest BCUT2D eigenvalue weighted by Gasteiger charge is 2.06. The molecule has 1 aromatic heterocycles. The van der Waals surface area contributed by atoms with Crippen molar-refractivity contribution < 1.29 is 9.47 Å². The molecule has 27 heavy (non-hydrogen) atoms. The topological polar surface area (TPSA) is 67.8 Å². The van der Waals surface area contributed by atoms with Crippen molar-refractivity contribution in [1.29, 1.82) is 0 Å². The summed E-state index contributed by atoms with van der Waals surface area (Å²) in [5, 5.41) is 7.25. The molecule has 148 valence electrons. The molecule has 0 aliphatic rings. The van der Waals surface area contributed by atoms with Crippen LogP contribution in [0.25, 0.3) is 0 Å². The lowest BCUT2D eigenvalue weighted by molar-refractivity contribution is 0.143. The summed E-state index contributed by atoms with van der Waals surface area (Å²) in [4.78, 5) is 8.88. The summed E-state index contributed by atoms with van der Waals surface area (Å²) in [5.41, 5.74) is 2.01. The van der Waals surface area contributed by atoms with Crippen molar-refractivity contribution in [1.82, 2.24) is 15.6 Å². The quantitative estimate of drug-likeness (QED) is 0.236. The van der Waals surface area contributed by atoms with Gasteiger partial charge in [-0.3, -0.25) is 0 Å². The minimum atomic E-state index is 0. The third kappa shape index (κ3) is 8.77. The number of ether oxygens (including phenoxy) is 2. The van der Waals surface area contributed by atoms with E-state index in [-0.39, 0.29) is 24.0 Å². The van der Waals surface area contributed by atoms with Crippen LogP contribution < -0.4 is 15.4 Å². The van der Waals surface area contributed by atoms with Crippen LogP contribution in [0.3, 0.4) is 0 Å². The number of aliphatic imine (C=N–C) groups is 1. The summed E-state index contributed by atoms with van der Waals surface area (Å²) in [5.74, 6) is 1.32. The van der Waals surface area contributed by atoms with Crippen LogP contribution in [0.1, 0.15) is 18.1 Å². The van der Waals surface area contributed by atoms with Crippen molar-refractivity contribution in [2.24, 2.45) is 4.99 Å². The third-order valence-electron chi connectivity index (χ3n) is 3.48. The maximum Gasteiger partial charge on any atom is 0.218 e. The number of halogens is 2. The van der Waals surface area contributed by atoms with Crippen molar-refractivity contribution in [2.45, 2.75) is 20.0 Å². The number of aromatic nitrogens is 1. The Hall–Kier alpha value is -1.58. The summed E-state index contributed by atoms with van der Waals surface area (Å²) in [6, 6.07) is 11.6. The van der Waals surface area contributed by atoms with Gasteiger partial charge in [-0.05, 0) is 30.7 Å². The van der Waals surface area contributed by atoms with E-state index in [9.17, 15) is 0 Å². The molecule has 1 aromatic carbocycles. The smallest absolute Gasteiger partial charge is 0.218 e. The molecule has 0 radical (unpaired) electrons. The summed E-state index contributed by atoms with van der Waals surface area (Å²) in [7, 11) is 1.64. The number of rotatable bonds is 9. The Morgan fingerprint density at radius 2 is 2.04 bits per heavy atom. The van der Waals surface area contributed by atoms with Gasteiger partial charge in [0.05, 0.1) is 13.2 Å². The fourth-order valence-electron chi connectivity index (χ4n) is 2.24. The average molecular weight is 505 g/mol. The monoisotopic (exact) mass is 504 g/mol. The molecule has 2 N–H and O–H groups in total. The second-order valence-electron chi connectivity index (χ2n) is 5.49. The Bertz CT molecular complexity index is 716. The molecule has 6 nitrogen and oxygen atoms in total. The van der Waals surface area contributed by atoms with Gasteiger partial charge in [0.2, 0.25) is 5.88 Å². The second-order valence-corrected chi connectivity index (χ2v) is 5.92. The van der Waals surface area contributed by atoms with Crippen LogP contribution in [0.15, 0.2) is 47.6 Å². The van der Waals surface area contributed by atoms with Gasteiger partial charge in [-0.2, -0.15) is 0 Å². The lowest BCUT2D eigenvalue weighted by atomic mass is 10.2. The van der Waals surface area contributed by atoms with E-state index in [0.29, 0.717) is 37.2 Å². The predicted octanol–water partition coefficient (Wildman–Crippen LogP) is 3.63. The number of nitrogens with zero attached hydrogens (tertiary/aromatic N) is 2. The SMILES string of the molecule is CCNC(=NCc1cccc(Cl)c1)NCc1cccnc1OCCOC.I. The average Bonchev–Trinajstić information content (AvgIpc) is 2.65. The van der Waals surface area contributed by atoms with E-state index in [1.54, 1.807) is 13.3 Å². The molecule has 8 heteroatoms. The molecule has 0 unspecified atom stereocenters. The van der Waals surface area contributed by atoms with Gasteiger partial charge in [-0.15, -0.1) is 24.0 Å². The van der Waals surface area contributed by atoms with E-state index in [1.807, 2.05) is 43.3 Å². The molecule has 0 bridgehead atoms. The lowest BCUT2D eigenvalue weighted by Gasteiger charge is -2.14. The molecule has 1 heterocycles. The highest BCUT2D eigenvalue weighted by Crippen LogP contribution is 2.14. The Labute approximate surface area is 182 Å². The highest BCUT2D eigenvalue weighted by atomic mass is 127. The van der Waals surface area contributed by atoms with Gasteiger partial charge in [0.25, 0.3) is 0 Å². The zero-order valence-corrected chi connectivity index (χ0v) is 18.7. The number of benzene rings is 1. The van der Waals surface area contributed by atoms with E-state index in [1.165, 1.54) is 0 Å². The van der Waals surface area contributed by atoms with Gasteiger partial charge in [0, 0.05) is 37.0 Å². The van der Waals surface area contributed by atoms with Crippen LogP contribution in [0.5, 0.6) is 5.88 Å². The van der Waals surface area contributed by atoms with Crippen molar-refractivity contribution in [3.63, 3.8) is 0 Å². The first kappa shape index (κ1) is 23.5. The highest BCUT2D eigenvalue weighted by molar-refractivity contribution is 14.0. The van der Waals surface area contributed by atoms with Crippen LogP contribution in [0, 0.1) is 0 Å². The molecule has 0 aliphatic carbocycles. The van der Waals surface area contributed by atoms with Crippen LogP contribution in [-0.4, -0.2) is 37.8 Å². The van der Waals surface area contributed by atoms with Crippen LogP contribution >= 0.6 is 35.6 Å². The van der Waals surface area contributed by atoms with E-state index in [0.717, 1.165) is 23.6 Å². The fraction of sp³-hybridized carbons (Fsp3) is 0.368. The Balaban J connectivity index is 0.00000364. The first-order chi connectivity index (χ1) is 12.7. The standard InChI is InChI=1S/C19H25ClN4O2.HI/c1-3-21-19(23-13-15-6-4-8-17(20)12-15)24-14-16-7-5-9-22-18(16)26-11-10-25-2;/h4-9,12H,3,10-11,13-14H2,1-2H3,(H2,21,23,24);1H. The third-order valence-corrected chi connectivity index (χ3v) is 3.71. The van der Waals surface area contributed by atoms with Crippen molar-refractivity contribution in [3.8, 4) is 5.88 Å². The minimum absolute atomic E-state index is 0. The summed E-state index contributed by atoms with van der Waals surface area (Å²) < 4.78 is 10.7. The predicted molar refractivity (Wildman–Crippen MR) is 120 cm³/mol. The molecule has 0 atom stereocenters. The summed E-state index contributed by atoms with van der Waals surface area (Å²) in [6.07, 6.45) is 1.71. The Morgan fingerprint density at radius 1 is 1.19 bits per heavy atom. The van der Waals surface area contributed by atoms with Gasteiger partial charge in [0.15, 0.2) is 5.96 Å². The second kappa shape index (κ2) is 13.6. The Morgan fingerprint density at radius 3 is 2.78 bits per heavy atom. The number of hydrogen-bond donors (Lipinski definition) is 2. The van der Waals surface area contributed by atoms with Gasteiger partial charge in [-0.25, -0.2) is 9.98 Å². The van der Waals surface area contributed by atoms with E-state index < -0.39 is 0 Å². The Kier molecular flexibility index (Phi) is 11.8. The summed E-state index contributed by atoms with van der Waals surface area (Å²) >= 11 is 6.02. The number of pyridine rings is 1. The lowest BCUT2D eigenvalue weighted by Crippen LogP contribution is -2.36. The molecule has 2 aromatic rings. The summed E-state index contributed by atoms with van der Waals surface area (Å²) in [6.45, 7) is 4.87. The molecular formula is C19H26ClIN4O2. The van der Waals surface area contributed by atoms with E-state index in [4.69, 9.17) is 21.1 Å². The number of hydrogen-bond acceptors (Lipinski definition) is 4. The molecule has 0 amide bonds. The van der Waals surface area contributed by atoms with E-state index >= 15 is 0 Å².